The number of ketones is 2. The molecular weight excluding hydrogens is 344 g/mol. The lowest BCUT2D eigenvalue weighted by molar-refractivity contribution is -0.0438. The van der Waals surface area contributed by atoms with Crippen LogP contribution in [0.15, 0.2) is 58.3 Å². The van der Waals surface area contributed by atoms with Crippen molar-refractivity contribution in [2.75, 3.05) is 14.2 Å². The molecule has 2 aliphatic heterocycles. The minimum atomic E-state index is -1.45. The van der Waals surface area contributed by atoms with Gasteiger partial charge in [0.2, 0.25) is 21.4 Å². The van der Waals surface area contributed by atoms with Crippen LogP contribution in [-0.4, -0.2) is 35.7 Å². The second-order valence-corrected chi connectivity index (χ2v) is 7.93. The molecule has 2 aromatic carbocycles. The molecule has 0 amide bonds. The fourth-order valence-corrected chi connectivity index (χ4v) is 6.11. The average molecular weight is 358 g/mol. The van der Waals surface area contributed by atoms with E-state index in [0.29, 0.717) is 11.1 Å². The van der Waals surface area contributed by atoms with Crippen molar-refractivity contribution in [2.24, 2.45) is 0 Å². The summed E-state index contributed by atoms with van der Waals surface area (Å²) in [5.41, 5.74) is 1.12. The quantitative estimate of drug-likeness (QED) is 0.835. The second-order valence-electron chi connectivity index (χ2n) is 5.50. The fraction of sp³-hybridized carbons (Fsp3) is 0.222. The summed E-state index contributed by atoms with van der Waals surface area (Å²) in [6, 6.07) is 14.6. The minimum Gasteiger partial charge on any atom is -0.356 e. The molecule has 2 unspecified atom stereocenters. The zero-order valence-electron chi connectivity index (χ0n) is 13.1. The molecule has 0 saturated heterocycles. The number of fused-ring (bicyclic) bond motifs is 2. The van der Waals surface area contributed by atoms with E-state index in [1.165, 1.54) is 37.7 Å². The van der Waals surface area contributed by atoms with Crippen molar-refractivity contribution in [3.8, 4) is 0 Å². The van der Waals surface area contributed by atoms with Crippen molar-refractivity contribution in [3.05, 3.63) is 59.7 Å². The summed E-state index contributed by atoms with van der Waals surface area (Å²) in [6.07, 6.45) is 0. The molecule has 0 saturated carbocycles. The lowest BCUT2D eigenvalue weighted by Gasteiger charge is -2.39. The van der Waals surface area contributed by atoms with E-state index in [1.807, 2.05) is 24.3 Å². The van der Waals surface area contributed by atoms with E-state index in [1.54, 1.807) is 24.3 Å². The van der Waals surface area contributed by atoms with E-state index in [-0.39, 0.29) is 11.6 Å². The van der Waals surface area contributed by atoms with Crippen LogP contribution < -0.4 is 0 Å². The first-order valence-electron chi connectivity index (χ1n) is 7.35. The maximum absolute atomic E-state index is 13.2. The van der Waals surface area contributed by atoms with E-state index < -0.39 is 9.87 Å². The van der Waals surface area contributed by atoms with Gasteiger partial charge in [-0.05, 0) is 12.1 Å². The van der Waals surface area contributed by atoms with E-state index in [9.17, 15) is 9.59 Å². The Morgan fingerprint density at radius 2 is 1.08 bits per heavy atom. The SMILES string of the molecule is COC1(C2(OC)Sc3ccccc3C2=O)Sc2ccccc2C1=O. The highest BCUT2D eigenvalue weighted by molar-refractivity contribution is 8.06. The van der Waals surface area contributed by atoms with Crippen LogP contribution >= 0.6 is 23.5 Å². The number of thioether (sulfide) groups is 2. The molecule has 0 aromatic heterocycles. The lowest BCUT2D eigenvalue weighted by atomic mass is 9.95. The largest absolute Gasteiger partial charge is 0.356 e. The Morgan fingerprint density at radius 1 is 0.708 bits per heavy atom. The molecular formula is C18H14O4S2. The average Bonchev–Trinajstić information content (AvgIpc) is 3.09. The van der Waals surface area contributed by atoms with Gasteiger partial charge in [-0.25, -0.2) is 0 Å². The van der Waals surface area contributed by atoms with Gasteiger partial charge >= 0.3 is 0 Å². The molecule has 2 heterocycles. The van der Waals surface area contributed by atoms with Gasteiger partial charge in [-0.2, -0.15) is 0 Å². The lowest BCUT2D eigenvalue weighted by Crippen LogP contribution is -2.58. The highest BCUT2D eigenvalue weighted by Gasteiger charge is 2.69. The molecule has 0 bridgehead atoms. The first kappa shape index (κ1) is 15.9. The molecule has 0 N–H and O–H groups in total. The van der Waals surface area contributed by atoms with Crippen LogP contribution in [0.25, 0.3) is 0 Å². The summed E-state index contributed by atoms with van der Waals surface area (Å²) in [7, 11) is 2.91. The topological polar surface area (TPSA) is 52.6 Å². The van der Waals surface area contributed by atoms with E-state index in [2.05, 4.69) is 0 Å². The Bertz CT molecular complexity index is 794. The Hall–Kier alpha value is -1.60. The number of Topliss-reactive ketones (excluding diaryl/α,β-unsaturated/α-hetero) is 2. The highest BCUT2D eigenvalue weighted by atomic mass is 32.2. The third kappa shape index (κ3) is 1.80. The molecule has 0 aliphatic carbocycles. The number of carbonyl (C=O) groups excluding carboxylic acids is 2. The van der Waals surface area contributed by atoms with Gasteiger partial charge in [0.1, 0.15) is 0 Å². The van der Waals surface area contributed by atoms with Gasteiger partial charge in [0, 0.05) is 35.1 Å². The number of rotatable bonds is 3. The van der Waals surface area contributed by atoms with Crippen LogP contribution in [0.2, 0.25) is 0 Å². The van der Waals surface area contributed by atoms with Crippen LogP contribution in [0, 0.1) is 0 Å². The summed E-state index contributed by atoms with van der Waals surface area (Å²) in [4.78, 5) is 25.1. The highest BCUT2D eigenvalue weighted by Crippen LogP contribution is 2.61. The first-order valence-corrected chi connectivity index (χ1v) is 8.99. The second kappa shape index (κ2) is 5.46. The van der Waals surface area contributed by atoms with Gasteiger partial charge in [0.15, 0.2) is 0 Å². The number of carbonyl (C=O) groups is 2. The Labute approximate surface area is 147 Å². The summed E-state index contributed by atoms with van der Waals surface area (Å²) < 4.78 is 11.4. The Morgan fingerprint density at radius 3 is 1.42 bits per heavy atom. The monoisotopic (exact) mass is 358 g/mol. The molecule has 122 valence electrons. The summed E-state index contributed by atoms with van der Waals surface area (Å²) in [5, 5.41) is 0. The molecule has 0 radical (unpaired) electrons. The molecule has 2 aliphatic rings. The number of ether oxygens (including phenoxy) is 2. The fourth-order valence-electron chi connectivity index (χ4n) is 3.21. The Balaban J connectivity index is 1.90. The molecule has 4 rings (SSSR count). The summed E-state index contributed by atoms with van der Waals surface area (Å²) >= 11 is 2.50. The number of hydrogen-bond acceptors (Lipinski definition) is 6. The van der Waals surface area contributed by atoms with Crippen LogP contribution in [-0.2, 0) is 9.47 Å². The van der Waals surface area contributed by atoms with Gasteiger partial charge < -0.3 is 9.47 Å². The molecule has 2 atom stereocenters. The maximum atomic E-state index is 13.2. The van der Waals surface area contributed by atoms with Gasteiger partial charge in [-0.3, -0.25) is 9.59 Å². The molecule has 0 fully saturated rings. The van der Waals surface area contributed by atoms with Crippen LogP contribution in [0.3, 0.4) is 0 Å². The molecule has 4 nitrogen and oxygen atoms in total. The van der Waals surface area contributed by atoms with Crippen LogP contribution in [0.4, 0.5) is 0 Å². The van der Waals surface area contributed by atoms with Gasteiger partial charge in [-0.1, -0.05) is 59.9 Å². The van der Waals surface area contributed by atoms with Crippen molar-refractivity contribution in [2.45, 2.75) is 19.7 Å². The third-order valence-electron chi connectivity index (χ3n) is 4.38. The normalized spacial score (nSPS) is 28.1. The Kier molecular flexibility index (Phi) is 3.61. The van der Waals surface area contributed by atoms with Crippen molar-refractivity contribution in [3.63, 3.8) is 0 Å². The smallest absolute Gasteiger partial charge is 0.227 e. The zero-order chi connectivity index (χ0) is 16.9. The number of methoxy groups -OCH3 is 2. The predicted molar refractivity (Wildman–Crippen MR) is 92.7 cm³/mol. The molecule has 2 aromatic rings. The first-order chi connectivity index (χ1) is 11.6. The van der Waals surface area contributed by atoms with Gasteiger partial charge in [0.05, 0.1) is 0 Å². The third-order valence-corrected chi connectivity index (χ3v) is 7.51. The van der Waals surface area contributed by atoms with Crippen molar-refractivity contribution in [1.29, 1.82) is 0 Å². The minimum absolute atomic E-state index is 0.235. The van der Waals surface area contributed by atoms with Crippen molar-refractivity contribution >= 4 is 35.1 Å². The van der Waals surface area contributed by atoms with E-state index in [0.717, 1.165) is 9.79 Å². The van der Waals surface area contributed by atoms with Crippen molar-refractivity contribution < 1.29 is 19.1 Å². The molecule has 6 heteroatoms. The zero-order valence-corrected chi connectivity index (χ0v) is 14.7. The predicted octanol–water partition coefficient (Wildman–Crippen LogP) is 3.65. The van der Waals surface area contributed by atoms with E-state index >= 15 is 0 Å². The number of hydrogen-bond donors (Lipinski definition) is 0. The summed E-state index contributed by atoms with van der Waals surface area (Å²) in [6.45, 7) is 0. The number of benzene rings is 2. The van der Waals surface area contributed by atoms with Gasteiger partial charge in [0.25, 0.3) is 0 Å². The maximum Gasteiger partial charge on any atom is 0.227 e. The standard InChI is InChI=1S/C18H14O4S2/c1-21-17(15(19)11-7-3-5-9-13(11)23-17)18(22-2)16(20)12-8-4-6-10-14(12)24-18/h3-10H,1-2H3. The van der Waals surface area contributed by atoms with Gasteiger partial charge in [-0.15, -0.1) is 0 Å². The van der Waals surface area contributed by atoms with Crippen LogP contribution in [0.5, 0.6) is 0 Å². The van der Waals surface area contributed by atoms with E-state index in [4.69, 9.17) is 9.47 Å². The van der Waals surface area contributed by atoms with Crippen LogP contribution in [0.1, 0.15) is 20.7 Å². The summed E-state index contributed by atoms with van der Waals surface area (Å²) in [5.74, 6) is -0.470. The van der Waals surface area contributed by atoms with Crippen molar-refractivity contribution in [1.82, 2.24) is 0 Å². The molecule has 24 heavy (non-hydrogen) atoms. The molecule has 0 spiro atoms.